The molecular weight excluding hydrogens is 414 g/mol. The molecule has 3 aromatic rings. The first-order chi connectivity index (χ1) is 15.8. The van der Waals surface area contributed by atoms with Crippen molar-refractivity contribution in [1.82, 2.24) is 4.57 Å². The van der Waals surface area contributed by atoms with Crippen LogP contribution in [-0.2, 0) is 9.53 Å². The predicted molar refractivity (Wildman–Crippen MR) is 129 cm³/mol. The highest BCUT2D eigenvalue weighted by molar-refractivity contribution is 6.10. The fourth-order valence-electron chi connectivity index (χ4n) is 3.70. The first-order valence-corrected chi connectivity index (χ1v) is 10.7. The molecule has 0 aliphatic rings. The van der Waals surface area contributed by atoms with Gasteiger partial charge in [0.05, 0.1) is 12.2 Å². The molecule has 0 unspecified atom stereocenters. The van der Waals surface area contributed by atoms with E-state index in [9.17, 15) is 14.9 Å². The van der Waals surface area contributed by atoms with E-state index < -0.39 is 5.91 Å². The summed E-state index contributed by atoms with van der Waals surface area (Å²) in [6.45, 7) is 9.82. The monoisotopic (exact) mass is 441 g/mol. The Morgan fingerprint density at radius 2 is 1.82 bits per heavy atom. The maximum Gasteiger partial charge on any atom is 0.338 e. The van der Waals surface area contributed by atoms with Crippen molar-refractivity contribution >= 4 is 23.6 Å². The van der Waals surface area contributed by atoms with Gasteiger partial charge in [0.25, 0.3) is 5.91 Å². The third kappa shape index (κ3) is 5.04. The van der Waals surface area contributed by atoms with Gasteiger partial charge >= 0.3 is 5.97 Å². The van der Waals surface area contributed by atoms with Crippen LogP contribution in [0.15, 0.2) is 54.1 Å². The number of carbonyl (C=O) groups is 2. The van der Waals surface area contributed by atoms with Crippen LogP contribution >= 0.6 is 0 Å². The Balaban J connectivity index is 1.95. The minimum Gasteiger partial charge on any atom is -0.462 e. The smallest absolute Gasteiger partial charge is 0.338 e. The van der Waals surface area contributed by atoms with Gasteiger partial charge < -0.3 is 14.6 Å². The van der Waals surface area contributed by atoms with Gasteiger partial charge in [-0.2, -0.15) is 5.26 Å². The third-order valence-corrected chi connectivity index (χ3v) is 5.60. The largest absolute Gasteiger partial charge is 0.462 e. The topological polar surface area (TPSA) is 84.1 Å². The van der Waals surface area contributed by atoms with Crippen molar-refractivity contribution in [2.45, 2.75) is 34.6 Å². The zero-order chi connectivity index (χ0) is 24.1. The summed E-state index contributed by atoms with van der Waals surface area (Å²) < 4.78 is 7.08. The number of esters is 1. The molecule has 2 aromatic carbocycles. The number of nitrogens with zero attached hydrogens (tertiary/aromatic N) is 2. The Morgan fingerprint density at radius 3 is 2.52 bits per heavy atom. The van der Waals surface area contributed by atoms with Crippen LogP contribution in [0, 0.1) is 39.0 Å². The molecule has 1 heterocycles. The number of aryl methyl sites for hydroxylation is 2. The van der Waals surface area contributed by atoms with Gasteiger partial charge in [-0.15, -0.1) is 0 Å². The highest BCUT2D eigenvalue weighted by atomic mass is 16.5. The van der Waals surface area contributed by atoms with Crippen LogP contribution in [0.3, 0.4) is 0 Å². The first kappa shape index (κ1) is 23.6. The van der Waals surface area contributed by atoms with E-state index in [0.29, 0.717) is 17.9 Å². The molecule has 0 bridgehead atoms. The average molecular weight is 442 g/mol. The summed E-state index contributed by atoms with van der Waals surface area (Å²) in [5, 5.41) is 12.5. The number of nitriles is 1. The summed E-state index contributed by atoms with van der Waals surface area (Å²) in [6.07, 6.45) is 1.59. The average Bonchev–Trinajstić information content (AvgIpc) is 3.08. The molecule has 0 aliphatic heterocycles. The number of amides is 1. The molecule has 33 heavy (non-hydrogen) atoms. The van der Waals surface area contributed by atoms with Crippen LogP contribution in [0.5, 0.6) is 0 Å². The molecule has 0 saturated heterocycles. The number of rotatable bonds is 6. The molecule has 168 valence electrons. The van der Waals surface area contributed by atoms with Crippen LogP contribution < -0.4 is 5.32 Å². The minimum absolute atomic E-state index is 0.0106. The van der Waals surface area contributed by atoms with E-state index in [1.165, 1.54) is 0 Å². The molecule has 0 fully saturated rings. The highest BCUT2D eigenvalue weighted by Crippen LogP contribution is 2.24. The molecule has 0 atom stereocenters. The molecule has 3 rings (SSSR count). The number of ether oxygens (including phenoxy) is 1. The summed E-state index contributed by atoms with van der Waals surface area (Å²) in [5.74, 6) is -0.836. The van der Waals surface area contributed by atoms with Gasteiger partial charge in [-0.25, -0.2) is 4.79 Å². The van der Waals surface area contributed by atoms with Gasteiger partial charge in [0.2, 0.25) is 0 Å². The number of hydrogen-bond donors (Lipinski definition) is 1. The van der Waals surface area contributed by atoms with Crippen molar-refractivity contribution in [3.63, 3.8) is 0 Å². The minimum atomic E-state index is -0.458. The number of anilines is 1. The lowest BCUT2D eigenvalue weighted by Crippen LogP contribution is -2.14. The van der Waals surface area contributed by atoms with E-state index in [1.807, 2.05) is 68.7 Å². The molecule has 0 saturated carbocycles. The second-order valence-electron chi connectivity index (χ2n) is 7.80. The van der Waals surface area contributed by atoms with Crippen molar-refractivity contribution in [3.05, 3.63) is 87.7 Å². The molecule has 0 spiro atoms. The molecular formula is C27H27N3O3. The maximum absolute atomic E-state index is 12.8. The normalized spacial score (nSPS) is 11.1. The molecule has 6 nitrogen and oxygen atoms in total. The summed E-state index contributed by atoms with van der Waals surface area (Å²) in [7, 11) is 0. The Hall–Kier alpha value is -4.11. The van der Waals surface area contributed by atoms with Crippen LogP contribution in [0.25, 0.3) is 11.8 Å². The van der Waals surface area contributed by atoms with Gasteiger partial charge in [-0.05, 0) is 87.7 Å². The van der Waals surface area contributed by atoms with Crippen molar-refractivity contribution in [2.75, 3.05) is 11.9 Å². The van der Waals surface area contributed by atoms with Crippen molar-refractivity contribution in [3.8, 4) is 11.8 Å². The van der Waals surface area contributed by atoms with Crippen molar-refractivity contribution < 1.29 is 14.3 Å². The fourth-order valence-corrected chi connectivity index (χ4v) is 3.70. The maximum atomic E-state index is 12.8. The predicted octanol–water partition coefficient (Wildman–Crippen LogP) is 5.43. The Kier molecular flexibility index (Phi) is 7.14. The van der Waals surface area contributed by atoms with Gasteiger partial charge in [0.1, 0.15) is 11.6 Å². The van der Waals surface area contributed by atoms with Crippen LogP contribution in [0.1, 0.15) is 45.4 Å². The number of carbonyl (C=O) groups excluding carboxylic acids is 2. The third-order valence-electron chi connectivity index (χ3n) is 5.60. The lowest BCUT2D eigenvalue weighted by atomic mass is 10.1. The van der Waals surface area contributed by atoms with E-state index >= 15 is 0 Å². The summed E-state index contributed by atoms with van der Waals surface area (Å²) in [5.41, 5.74) is 6.48. The first-order valence-electron chi connectivity index (χ1n) is 10.7. The molecule has 0 aliphatic carbocycles. The zero-order valence-electron chi connectivity index (χ0n) is 19.5. The van der Waals surface area contributed by atoms with E-state index in [1.54, 1.807) is 31.2 Å². The quantitative estimate of drug-likeness (QED) is 0.314. The Labute approximate surface area is 194 Å². The summed E-state index contributed by atoms with van der Waals surface area (Å²) in [6, 6.07) is 16.8. The number of benzene rings is 2. The van der Waals surface area contributed by atoms with Gasteiger partial charge in [0.15, 0.2) is 0 Å². The summed E-state index contributed by atoms with van der Waals surface area (Å²) in [4.78, 5) is 24.9. The lowest BCUT2D eigenvalue weighted by Gasteiger charge is -2.11. The van der Waals surface area contributed by atoms with Gasteiger partial charge in [0, 0.05) is 22.8 Å². The van der Waals surface area contributed by atoms with Crippen molar-refractivity contribution in [1.29, 1.82) is 5.26 Å². The second kappa shape index (κ2) is 10.0. The molecule has 1 aromatic heterocycles. The van der Waals surface area contributed by atoms with E-state index in [-0.39, 0.29) is 11.5 Å². The van der Waals surface area contributed by atoms with Crippen LogP contribution in [0.4, 0.5) is 5.69 Å². The molecule has 1 amide bonds. The van der Waals surface area contributed by atoms with Crippen LogP contribution in [-0.4, -0.2) is 23.1 Å². The van der Waals surface area contributed by atoms with Gasteiger partial charge in [-0.1, -0.05) is 18.2 Å². The SMILES string of the molecule is CCOC(=O)c1cccc(-n2c(C)cc(C=C(C#N)C(=O)Nc3cccc(C)c3C)c2C)c1. The molecule has 0 radical (unpaired) electrons. The molecule has 1 N–H and O–H groups in total. The lowest BCUT2D eigenvalue weighted by molar-refractivity contribution is -0.112. The Bertz CT molecular complexity index is 1290. The fraction of sp³-hybridized carbons (Fsp3) is 0.222. The standard InChI is InChI=1S/C27H27N3O3/c1-6-33-27(32)21-10-8-11-24(15-21)30-18(3)13-22(20(30)5)14-23(16-28)26(31)29-25-12-7-9-17(2)19(25)4/h7-15H,6H2,1-5H3,(H,29,31). The van der Waals surface area contributed by atoms with E-state index in [4.69, 9.17) is 4.74 Å². The van der Waals surface area contributed by atoms with Crippen molar-refractivity contribution in [2.24, 2.45) is 0 Å². The second-order valence-corrected chi connectivity index (χ2v) is 7.80. The number of nitrogens with one attached hydrogen (secondary N) is 1. The number of aromatic nitrogens is 1. The van der Waals surface area contributed by atoms with E-state index in [2.05, 4.69) is 5.32 Å². The molecule has 6 heteroatoms. The van der Waals surface area contributed by atoms with Crippen LogP contribution in [0.2, 0.25) is 0 Å². The van der Waals surface area contributed by atoms with Gasteiger partial charge in [-0.3, -0.25) is 4.79 Å². The Morgan fingerprint density at radius 1 is 1.09 bits per heavy atom. The highest BCUT2D eigenvalue weighted by Gasteiger charge is 2.16. The number of hydrogen-bond acceptors (Lipinski definition) is 4. The van der Waals surface area contributed by atoms with E-state index in [0.717, 1.165) is 33.8 Å². The zero-order valence-corrected chi connectivity index (χ0v) is 19.5. The summed E-state index contributed by atoms with van der Waals surface area (Å²) >= 11 is 0.